The quantitative estimate of drug-likeness (QED) is 0.830. The first kappa shape index (κ1) is 9.97. The molecule has 1 unspecified atom stereocenters. The van der Waals surface area contributed by atoms with Crippen LogP contribution in [0, 0.1) is 0 Å². The molecule has 1 rings (SSSR count). The summed E-state index contributed by atoms with van der Waals surface area (Å²) in [5.41, 5.74) is -0.419. The van der Waals surface area contributed by atoms with Crippen LogP contribution in [-0.4, -0.2) is 21.4 Å². The van der Waals surface area contributed by atoms with Crippen LogP contribution >= 0.6 is 11.5 Å². The Kier molecular flexibility index (Phi) is 2.55. The van der Waals surface area contributed by atoms with Crippen molar-refractivity contribution in [3.05, 3.63) is 17.1 Å². The first-order valence-corrected chi connectivity index (χ1v) is 3.94. The van der Waals surface area contributed by atoms with E-state index in [1.165, 1.54) is 0 Å². The van der Waals surface area contributed by atoms with Crippen molar-refractivity contribution in [2.75, 3.05) is 0 Å². The summed E-state index contributed by atoms with van der Waals surface area (Å²) in [7, 11) is 0. The van der Waals surface area contributed by atoms with E-state index < -0.39 is 23.6 Å². The van der Waals surface area contributed by atoms with E-state index in [0.717, 1.165) is 23.1 Å². The summed E-state index contributed by atoms with van der Waals surface area (Å²) in [5, 5.41) is 9.05. The van der Waals surface area contributed by atoms with Gasteiger partial charge in [0.2, 0.25) is 6.17 Å². The largest absolute Gasteiger partial charge is 0.477 e. The molecular weight excluding hydrogens is 207 g/mol. The van der Waals surface area contributed by atoms with E-state index in [0.29, 0.717) is 0 Å². The van der Waals surface area contributed by atoms with E-state index in [-0.39, 0.29) is 0 Å². The van der Waals surface area contributed by atoms with Gasteiger partial charge in [-0.05, 0) is 11.5 Å². The summed E-state index contributed by atoms with van der Waals surface area (Å²) < 4.78 is 41.2. The highest BCUT2D eigenvalue weighted by Gasteiger charge is 2.49. The Labute approximate surface area is 75.0 Å². The lowest BCUT2D eigenvalue weighted by atomic mass is 10.1. The van der Waals surface area contributed by atoms with E-state index in [9.17, 15) is 18.0 Å². The third-order valence-corrected chi connectivity index (χ3v) is 1.95. The summed E-state index contributed by atoms with van der Waals surface area (Å²) in [6.45, 7) is 0. The normalized spacial score (nSPS) is 14.1. The molecule has 0 aliphatic rings. The van der Waals surface area contributed by atoms with Crippen molar-refractivity contribution in [3.8, 4) is 0 Å². The van der Waals surface area contributed by atoms with Crippen LogP contribution < -0.4 is 0 Å². The van der Waals surface area contributed by atoms with Crippen LogP contribution in [-0.2, 0) is 4.79 Å². The smallest absolute Gasteiger partial charge is 0.378 e. The second kappa shape index (κ2) is 3.33. The molecule has 0 aliphatic heterocycles. The number of alkyl halides is 3. The first-order chi connectivity index (χ1) is 5.96. The fraction of sp³-hybridized carbons (Fsp3) is 0.333. The Morgan fingerprint density at radius 2 is 2.31 bits per heavy atom. The predicted molar refractivity (Wildman–Crippen MR) is 38.5 cm³/mol. The highest BCUT2D eigenvalue weighted by atomic mass is 32.1. The van der Waals surface area contributed by atoms with Crippen molar-refractivity contribution in [1.82, 2.24) is 4.37 Å². The molecule has 3 nitrogen and oxygen atoms in total. The molecule has 0 saturated carbocycles. The number of nitrogens with zero attached hydrogens (tertiary/aromatic N) is 1. The lowest BCUT2D eigenvalue weighted by Gasteiger charge is -2.14. The maximum absolute atomic E-state index is 12.8. The van der Waals surface area contributed by atoms with E-state index in [1.54, 1.807) is 0 Å². The maximum Gasteiger partial charge on any atom is 0.378 e. The predicted octanol–water partition coefficient (Wildman–Crippen LogP) is 1.87. The lowest BCUT2D eigenvalue weighted by molar-refractivity contribution is -0.175. The summed E-state index contributed by atoms with van der Waals surface area (Å²) in [5.74, 6) is -6.88. The SMILES string of the molecule is O=C(O)C(F)(F)C(F)c1cnsc1. The molecule has 1 aromatic heterocycles. The van der Waals surface area contributed by atoms with Crippen LogP contribution in [0.15, 0.2) is 11.6 Å². The van der Waals surface area contributed by atoms with Gasteiger partial charge in [-0.3, -0.25) is 0 Å². The summed E-state index contributed by atoms with van der Waals surface area (Å²) in [6.07, 6.45) is -1.96. The molecule has 72 valence electrons. The molecule has 0 amide bonds. The van der Waals surface area contributed by atoms with Crippen LogP contribution in [0.25, 0.3) is 0 Å². The van der Waals surface area contributed by atoms with Crippen LogP contribution in [0.2, 0.25) is 0 Å². The molecule has 0 aliphatic carbocycles. The number of hydrogen-bond donors (Lipinski definition) is 1. The third-order valence-electron chi connectivity index (χ3n) is 1.35. The van der Waals surface area contributed by atoms with Crippen LogP contribution in [0.4, 0.5) is 13.2 Å². The van der Waals surface area contributed by atoms with Crippen molar-refractivity contribution in [1.29, 1.82) is 0 Å². The van der Waals surface area contributed by atoms with Crippen LogP contribution in [0.1, 0.15) is 11.7 Å². The number of carboxylic acids is 1. The van der Waals surface area contributed by atoms with Gasteiger partial charge in [0.15, 0.2) is 0 Å². The van der Waals surface area contributed by atoms with Gasteiger partial charge in [-0.15, -0.1) is 0 Å². The monoisotopic (exact) mass is 211 g/mol. The van der Waals surface area contributed by atoms with Gasteiger partial charge in [0.1, 0.15) is 0 Å². The highest BCUT2D eigenvalue weighted by Crippen LogP contribution is 2.35. The van der Waals surface area contributed by atoms with Crippen LogP contribution in [0.3, 0.4) is 0 Å². The molecule has 13 heavy (non-hydrogen) atoms. The van der Waals surface area contributed by atoms with Crippen molar-refractivity contribution >= 4 is 17.5 Å². The van der Waals surface area contributed by atoms with Gasteiger partial charge in [0.25, 0.3) is 0 Å². The first-order valence-electron chi connectivity index (χ1n) is 3.11. The molecule has 0 spiro atoms. The number of aromatic nitrogens is 1. The second-order valence-corrected chi connectivity index (χ2v) is 2.91. The zero-order chi connectivity index (χ0) is 10.1. The fourth-order valence-corrected chi connectivity index (χ4v) is 1.20. The lowest BCUT2D eigenvalue weighted by Crippen LogP contribution is -2.33. The van der Waals surface area contributed by atoms with Gasteiger partial charge in [0.05, 0.1) is 0 Å². The van der Waals surface area contributed by atoms with Crippen molar-refractivity contribution in [3.63, 3.8) is 0 Å². The number of aliphatic carboxylic acids is 1. The maximum atomic E-state index is 12.8. The average Bonchev–Trinajstić information content (AvgIpc) is 2.54. The fourth-order valence-electron chi connectivity index (χ4n) is 0.656. The zero-order valence-electron chi connectivity index (χ0n) is 6.08. The van der Waals surface area contributed by atoms with Gasteiger partial charge in [0, 0.05) is 17.1 Å². The Morgan fingerprint density at radius 3 is 2.69 bits per heavy atom. The Balaban J connectivity index is 2.90. The average molecular weight is 211 g/mol. The Morgan fingerprint density at radius 1 is 1.69 bits per heavy atom. The van der Waals surface area contributed by atoms with E-state index in [4.69, 9.17) is 5.11 Å². The molecule has 0 saturated heterocycles. The van der Waals surface area contributed by atoms with E-state index >= 15 is 0 Å². The zero-order valence-corrected chi connectivity index (χ0v) is 6.89. The minimum absolute atomic E-state index is 0.419. The Bertz CT molecular complexity index is 301. The Hall–Kier alpha value is -1.11. The number of halogens is 3. The summed E-state index contributed by atoms with van der Waals surface area (Å²) >= 11 is 0.779. The van der Waals surface area contributed by atoms with Gasteiger partial charge in [-0.25, -0.2) is 13.6 Å². The standard InChI is InChI=1S/C6H4F3NO2S/c7-4(3-1-10-13-2-3)6(8,9)5(11)12/h1-2,4H,(H,11,12). The minimum atomic E-state index is -4.40. The van der Waals surface area contributed by atoms with Gasteiger partial charge < -0.3 is 5.11 Å². The molecule has 1 aromatic rings. The number of carboxylic acid groups (broad SMARTS) is 1. The summed E-state index contributed by atoms with van der Waals surface area (Å²) in [4.78, 5) is 9.95. The number of rotatable bonds is 3. The summed E-state index contributed by atoms with van der Waals surface area (Å²) in [6, 6.07) is 0. The number of hydrogen-bond acceptors (Lipinski definition) is 3. The van der Waals surface area contributed by atoms with Gasteiger partial charge in [-0.1, -0.05) is 0 Å². The third kappa shape index (κ3) is 1.80. The van der Waals surface area contributed by atoms with Gasteiger partial charge in [-0.2, -0.15) is 8.78 Å². The molecular formula is C6H4F3NO2S. The minimum Gasteiger partial charge on any atom is -0.477 e. The van der Waals surface area contributed by atoms with Crippen molar-refractivity contribution in [2.45, 2.75) is 12.1 Å². The molecule has 0 radical (unpaired) electrons. The topological polar surface area (TPSA) is 50.2 Å². The molecule has 1 N–H and O–H groups in total. The molecule has 0 bridgehead atoms. The van der Waals surface area contributed by atoms with Crippen LogP contribution in [0.5, 0.6) is 0 Å². The molecule has 7 heteroatoms. The van der Waals surface area contributed by atoms with E-state index in [1.807, 2.05) is 0 Å². The van der Waals surface area contributed by atoms with Crippen molar-refractivity contribution < 1.29 is 23.1 Å². The van der Waals surface area contributed by atoms with Crippen molar-refractivity contribution in [2.24, 2.45) is 0 Å². The molecule has 1 atom stereocenters. The molecule has 0 fully saturated rings. The number of carbonyl (C=O) groups is 1. The van der Waals surface area contributed by atoms with Gasteiger partial charge >= 0.3 is 11.9 Å². The highest BCUT2D eigenvalue weighted by molar-refractivity contribution is 7.03. The second-order valence-electron chi connectivity index (χ2n) is 2.25. The molecule has 1 heterocycles. The molecule has 0 aromatic carbocycles. The van der Waals surface area contributed by atoms with E-state index in [2.05, 4.69) is 4.37 Å².